The van der Waals surface area contributed by atoms with Crippen LogP contribution >= 0.6 is 0 Å². The molecule has 0 heterocycles. The third-order valence-electron chi connectivity index (χ3n) is 4.33. The van der Waals surface area contributed by atoms with E-state index in [4.69, 9.17) is 0 Å². The van der Waals surface area contributed by atoms with E-state index in [9.17, 15) is 0 Å². The van der Waals surface area contributed by atoms with Crippen LogP contribution in [0.2, 0.25) is 0 Å². The molecule has 2 unspecified atom stereocenters. The zero-order valence-electron chi connectivity index (χ0n) is 9.76. The van der Waals surface area contributed by atoms with E-state index >= 15 is 0 Å². The highest BCUT2D eigenvalue weighted by molar-refractivity contribution is 4.97. The van der Waals surface area contributed by atoms with Crippen molar-refractivity contribution in [3.63, 3.8) is 0 Å². The number of rotatable bonds is 2. The van der Waals surface area contributed by atoms with Crippen molar-refractivity contribution in [2.24, 2.45) is 23.2 Å². The lowest BCUT2D eigenvalue weighted by Gasteiger charge is -2.50. The molecule has 0 aromatic carbocycles. The van der Waals surface area contributed by atoms with Crippen LogP contribution in [0.1, 0.15) is 52.4 Å². The summed E-state index contributed by atoms with van der Waals surface area (Å²) in [7, 11) is 0. The third-order valence-corrected chi connectivity index (χ3v) is 4.33. The number of hydrogen-bond acceptors (Lipinski definition) is 0. The first kappa shape index (κ1) is 10.3. The Balaban J connectivity index is 2.14. The van der Waals surface area contributed by atoms with Gasteiger partial charge in [-0.3, -0.25) is 0 Å². The summed E-state index contributed by atoms with van der Waals surface area (Å²) < 4.78 is 0. The average molecular weight is 192 g/mol. The second-order valence-electron chi connectivity index (χ2n) is 6.15. The summed E-state index contributed by atoms with van der Waals surface area (Å²) in [4.78, 5) is 0. The van der Waals surface area contributed by atoms with E-state index in [0.29, 0.717) is 5.41 Å². The van der Waals surface area contributed by atoms with Gasteiger partial charge in [0, 0.05) is 0 Å². The minimum atomic E-state index is 0.655. The molecule has 2 bridgehead atoms. The quantitative estimate of drug-likeness (QED) is 0.568. The van der Waals surface area contributed by atoms with Crippen LogP contribution in [0.4, 0.5) is 0 Å². The number of hydrogen-bond donors (Lipinski definition) is 0. The van der Waals surface area contributed by atoms with Gasteiger partial charge in [-0.1, -0.05) is 19.9 Å². The zero-order chi connectivity index (χ0) is 10.2. The molecule has 0 aliphatic heterocycles. The minimum Gasteiger partial charge on any atom is -0.103 e. The van der Waals surface area contributed by atoms with E-state index in [1.165, 1.54) is 38.5 Å². The predicted octanol–water partition coefficient (Wildman–Crippen LogP) is 4.42. The Morgan fingerprint density at radius 3 is 2.21 bits per heavy atom. The van der Waals surface area contributed by atoms with Crippen LogP contribution in [0.25, 0.3) is 0 Å². The Kier molecular flexibility index (Phi) is 2.72. The van der Waals surface area contributed by atoms with E-state index in [2.05, 4.69) is 26.5 Å². The maximum atomic E-state index is 3.95. The Morgan fingerprint density at radius 2 is 1.71 bits per heavy atom. The third kappa shape index (κ3) is 1.89. The molecule has 0 spiro atoms. The molecule has 0 N–H and O–H groups in total. The van der Waals surface area contributed by atoms with Gasteiger partial charge in [0.1, 0.15) is 0 Å². The maximum Gasteiger partial charge on any atom is -0.0255 e. The first-order valence-corrected chi connectivity index (χ1v) is 6.24. The molecule has 2 atom stereocenters. The topological polar surface area (TPSA) is 0 Å². The van der Waals surface area contributed by atoms with Crippen molar-refractivity contribution in [3.05, 3.63) is 12.7 Å². The fourth-order valence-corrected chi connectivity index (χ4v) is 4.46. The standard InChI is InChI=1S/C14H24/c1-4-5-14-8-11(2)6-13(10-14)7-12(3)9-14/h4,11-13H,1,5-10H2,2-3H3. The van der Waals surface area contributed by atoms with Crippen LogP contribution in [0, 0.1) is 23.2 Å². The first-order chi connectivity index (χ1) is 6.63. The van der Waals surface area contributed by atoms with Crippen LogP contribution < -0.4 is 0 Å². The van der Waals surface area contributed by atoms with Crippen molar-refractivity contribution in [1.82, 2.24) is 0 Å². The van der Waals surface area contributed by atoms with Crippen LogP contribution in [-0.4, -0.2) is 0 Å². The van der Waals surface area contributed by atoms with Crippen molar-refractivity contribution in [2.45, 2.75) is 52.4 Å². The monoisotopic (exact) mass is 192 g/mol. The summed E-state index contributed by atoms with van der Waals surface area (Å²) in [6.07, 6.45) is 10.8. The first-order valence-electron chi connectivity index (χ1n) is 6.24. The molecule has 2 aliphatic rings. The van der Waals surface area contributed by atoms with Crippen LogP contribution in [0.3, 0.4) is 0 Å². The zero-order valence-corrected chi connectivity index (χ0v) is 9.76. The second kappa shape index (κ2) is 3.72. The molecule has 0 amide bonds. The molecule has 0 aromatic heterocycles. The van der Waals surface area contributed by atoms with Crippen LogP contribution in [0.15, 0.2) is 12.7 Å². The van der Waals surface area contributed by atoms with Gasteiger partial charge >= 0.3 is 0 Å². The minimum absolute atomic E-state index is 0.655. The fraction of sp³-hybridized carbons (Fsp3) is 0.857. The summed E-state index contributed by atoms with van der Waals surface area (Å²) in [5.74, 6) is 2.95. The van der Waals surface area contributed by atoms with Crippen molar-refractivity contribution in [1.29, 1.82) is 0 Å². The van der Waals surface area contributed by atoms with Gasteiger partial charge in [0.2, 0.25) is 0 Å². The van der Waals surface area contributed by atoms with E-state index in [-0.39, 0.29) is 0 Å². The number of fused-ring (bicyclic) bond motifs is 2. The lowest BCUT2D eigenvalue weighted by atomic mass is 9.56. The summed E-state index contributed by atoms with van der Waals surface area (Å²) >= 11 is 0. The Labute approximate surface area is 88.8 Å². The highest BCUT2D eigenvalue weighted by atomic mass is 14.5. The maximum absolute atomic E-state index is 3.95. The van der Waals surface area contributed by atoms with Crippen molar-refractivity contribution < 1.29 is 0 Å². The lowest BCUT2D eigenvalue weighted by Crippen LogP contribution is -2.38. The van der Waals surface area contributed by atoms with Gasteiger partial charge < -0.3 is 0 Å². The SMILES string of the molecule is C=CCC12CC(C)CC(CC(C)C1)C2. The van der Waals surface area contributed by atoms with Gasteiger partial charge in [-0.15, -0.1) is 6.58 Å². The summed E-state index contributed by atoms with van der Waals surface area (Å²) in [6, 6.07) is 0. The molecular weight excluding hydrogens is 168 g/mol. The van der Waals surface area contributed by atoms with Gasteiger partial charge in [0.05, 0.1) is 0 Å². The smallest absolute Gasteiger partial charge is 0.0255 e. The van der Waals surface area contributed by atoms with Crippen LogP contribution in [-0.2, 0) is 0 Å². The fourth-order valence-electron chi connectivity index (χ4n) is 4.46. The normalized spacial score (nSPS) is 47.4. The van der Waals surface area contributed by atoms with Crippen molar-refractivity contribution in [2.75, 3.05) is 0 Å². The Bertz CT molecular complexity index is 197. The largest absolute Gasteiger partial charge is 0.103 e. The second-order valence-corrected chi connectivity index (χ2v) is 6.15. The molecule has 2 fully saturated rings. The van der Waals surface area contributed by atoms with Gasteiger partial charge in [0.15, 0.2) is 0 Å². The molecule has 0 nitrogen and oxygen atoms in total. The molecule has 80 valence electrons. The molecule has 2 saturated carbocycles. The van der Waals surface area contributed by atoms with E-state index in [0.717, 1.165) is 17.8 Å². The highest BCUT2D eigenvalue weighted by Crippen LogP contribution is 2.54. The van der Waals surface area contributed by atoms with Crippen LogP contribution in [0.5, 0.6) is 0 Å². The van der Waals surface area contributed by atoms with Gasteiger partial charge in [0.25, 0.3) is 0 Å². The highest BCUT2D eigenvalue weighted by Gasteiger charge is 2.42. The Hall–Kier alpha value is -0.260. The van der Waals surface area contributed by atoms with Crippen molar-refractivity contribution >= 4 is 0 Å². The molecular formula is C14H24. The van der Waals surface area contributed by atoms with Gasteiger partial charge in [-0.05, 0) is 61.7 Å². The molecule has 0 heteroatoms. The average Bonchev–Trinajstić information content (AvgIpc) is 1.99. The number of allylic oxidation sites excluding steroid dienone is 1. The lowest BCUT2D eigenvalue weighted by molar-refractivity contribution is 0.0205. The molecule has 2 rings (SSSR count). The predicted molar refractivity (Wildman–Crippen MR) is 62.2 cm³/mol. The molecule has 0 saturated heterocycles. The summed E-state index contributed by atoms with van der Waals surface area (Å²) in [5.41, 5.74) is 0.655. The van der Waals surface area contributed by atoms with E-state index < -0.39 is 0 Å². The summed E-state index contributed by atoms with van der Waals surface area (Å²) in [6.45, 7) is 8.84. The Morgan fingerprint density at radius 1 is 1.14 bits per heavy atom. The van der Waals surface area contributed by atoms with E-state index in [1.54, 1.807) is 0 Å². The van der Waals surface area contributed by atoms with Gasteiger partial charge in [-0.25, -0.2) is 0 Å². The molecule has 0 radical (unpaired) electrons. The molecule has 0 aromatic rings. The molecule has 2 aliphatic carbocycles. The van der Waals surface area contributed by atoms with Gasteiger partial charge in [-0.2, -0.15) is 0 Å². The summed E-state index contributed by atoms with van der Waals surface area (Å²) in [5, 5.41) is 0. The van der Waals surface area contributed by atoms with E-state index in [1.807, 2.05) is 0 Å². The molecule has 14 heavy (non-hydrogen) atoms. The van der Waals surface area contributed by atoms with Crippen molar-refractivity contribution in [3.8, 4) is 0 Å².